The van der Waals surface area contributed by atoms with E-state index >= 15 is 0 Å². The fourth-order valence-electron chi connectivity index (χ4n) is 1.03. The van der Waals surface area contributed by atoms with Gasteiger partial charge in [-0.05, 0) is 19.1 Å². The summed E-state index contributed by atoms with van der Waals surface area (Å²) in [6.07, 6.45) is 5.28. The molecule has 0 saturated carbocycles. The van der Waals surface area contributed by atoms with Gasteiger partial charge in [0.05, 0.1) is 4.88 Å². The van der Waals surface area contributed by atoms with E-state index in [9.17, 15) is 0 Å². The first kappa shape index (κ1) is 6.90. The van der Waals surface area contributed by atoms with Crippen molar-refractivity contribution in [3.8, 4) is 12.3 Å². The Hall–Kier alpha value is -0.780. The molecule has 0 nitrogen and oxygen atoms in total. The Bertz CT molecular complexity index is 394. The van der Waals surface area contributed by atoms with E-state index in [1.54, 1.807) is 22.7 Å². The molecule has 0 radical (unpaired) electrons. The zero-order valence-electron chi connectivity index (χ0n) is 6.05. The molecule has 0 aliphatic carbocycles. The van der Waals surface area contributed by atoms with Gasteiger partial charge in [0, 0.05) is 14.3 Å². The van der Waals surface area contributed by atoms with Gasteiger partial charge < -0.3 is 0 Å². The van der Waals surface area contributed by atoms with Gasteiger partial charge in [-0.25, -0.2) is 0 Å². The minimum Gasteiger partial charge on any atom is -0.140 e. The molecule has 0 N–H and O–H groups in total. The highest BCUT2D eigenvalue weighted by molar-refractivity contribution is 7.28. The van der Waals surface area contributed by atoms with Crippen molar-refractivity contribution in [2.24, 2.45) is 0 Å². The van der Waals surface area contributed by atoms with Crippen LogP contribution in [0.3, 0.4) is 0 Å². The first-order valence-corrected chi connectivity index (χ1v) is 4.89. The van der Waals surface area contributed by atoms with Gasteiger partial charge in [0.25, 0.3) is 0 Å². The molecule has 11 heavy (non-hydrogen) atoms. The summed E-state index contributed by atoms with van der Waals surface area (Å²) in [5.41, 5.74) is 0. The molecule has 0 aliphatic heterocycles. The Morgan fingerprint density at radius 1 is 1.27 bits per heavy atom. The number of rotatable bonds is 0. The smallest absolute Gasteiger partial charge is 0.0786 e. The summed E-state index contributed by atoms with van der Waals surface area (Å²) in [7, 11) is 0. The van der Waals surface area contributed by atoms with Crippen molar-refractivity contribution in [1.29, 1.82) is 0 Å². The lowest BCUT2D eigenvalue weighted by Gasteiger charge is -1.74. The van der Waals surface area contributed by atoms with E-state index in [4.69, 9.17) is 6.42 Å². The van der Waals surface area contributed by atoms with Crippen molar-refractivity contribution in [3.63, 3.8) is 0 Å². The van der Waals surface area contributed by atoms with Crippen molar-refractivity contribution in [2.75, 3.05) is 0 Å². The van der Waals surface area contributed by atoms with Gasteiger partial charge in [-0.1, -0.05) is 5.92 Å². The van der Waals surface area contributed by atoms with Gasteiger partial charge in [0.15, 0.2) is 0 Å². The SMILES string of the molecule is C#Cc1cc2sc(C)cc2s1. The Morgan fingerprint density at radius 3 is 2.64 bits per heavy atom. The van der Waals surface area contributed by atoms with Crippen LogP contribution in [-0.4, -0.2) is 0 Å². The van der Waals surface area contributed by atoms with E-state index in [0.717, 1.165) is 4.88 Å². The second kappa shape index (κ2) is 2.37. The number of aryl methyl sites for hydroxylation is 1. The molecule has 0 aliphatic rings. The van der Waals surface area contributed by atoms with E-state index in [0.29, 0.717) is 0 Å². The number of hydrogen-bond acceptors (Lipinski definition) is 2. The maximum absolute atomic E-state index is 5.28. The van der Waals surface area contributed by atoms with Crippen LogP contribution in [0.15, 0.2) is 12.1 Å². The third-order valence-corrected chi connectivity index (χ3v) is 3.61. The highest BCUT2D eigenvalue weighted by Crippen LogP contribution is 2.32. The minimum atomic E-state index is 1.03. The van der Waals surface area contributed by atoms with Gasteiger partial charge in [0.2, 0.25) is 0 Å². The predicted molar refractivity (Wildman–Crippen MR) is 52.4 cm³/mol. The lowest BCUT2D eigenvalue weighted by Crippen LogP contribution is -1.53. The molecule has 0 aromatic carbocycles. The zero-order chi connectivity index (χ0) is 7.84. The van der Waals surface area contributed by atoms with Crippen LogP contribution >= 0.6 is 22.7 Å². The van der Waals surface area contributed by atoms with Crippen LogP contribution < -0.4 is 0 Å². The van der Waals surface area contributed by atoms with E-state index in [2.05, 4.69) is 25.0 Å². The number of fused-ring (bicyclic) bond motifs is 1. The lowest BCUT2D eigenvalue weighted by atomic mass is 10.4. The topological polar surface area (TPSA) is 0 Å². The van der Waals surface area contributed by atoms with Crippen LogP contribution in [0.2, 0.25) is 0 Å². The molecular formula is C9H6S2. The molecule has 54 valence electrons. The highest BCUT2D eigenvalue weighted by atomic mass is 32.1. The van der Waals surface area contributed by atoms with Crippen molar-refractivity contribution in [2.45, 2.75) is 6.92 Å². The summed E-state index contributed by atoms with van der Waals surface area (Å²) in [6.45, 7) is 2.12. The molecule has 2 aromatic rings. The lowest BCUT2D eigenvalue weighted by molar-refractivity contribution is 1.66. The normalized spacial score (nSPS) is 10.2. The minimum absolute atomic E-state index is 1.03. The summed E-state index contributed by atoms with van der Waals surface area (Å²) < 4.78 is 2.64. The molecule has 0 spiro atoms. The molecule has 0 saturated heterocycles. The number of terminal acetylenes is 1. The summed E-state index contributed by atoms with van der Waals surface area (Å²) in [5, 5.41) is 0. The Kier molecular flexibility index (Phi) is 1.49. The first-order chi connectivity index (χ1) is 5.29. The van der Waals surface area contributed by atoms with E-state index in [-0.39, 0.29) is 0 Å². The Balaban J connectivity index is 2.76. The molecule has 2 rings (SSSR count). The fourth-order valence-corrected chi connectivity index (χ4v) is 3.15. The van der Waals surface area contributed by atoms with Gasteiger partial charge >= 0.3 is 0 Å². The predicted octanol–water partition coefficient (Wildman–Crippen LogP) is 3.25. The maximum Gasteiger partial charge on any atom is 0.0786 e. The molecule has 2 heterocycles. The van der Waals surface area contributed by atoms with E-state index in [1.165, 1.54) is 14.3 Å². The summed E-state index contributed by atoms with van der Waals surface area (Å²) in [4.78, 5) is 2.39. The Morgan fingerprint density at radius 2 is 2.00 bits per heavy atom. The second-order valence-corrected chi connectivity index (χ2v) is 4.71. The maximum atomic E-state index is 5.28. The molecule has 2 aromatic heterocycles. The molecule has 0 unspecified atom stereocenters. The molecule has 0 fully saturated rings. The monoisotopic (exact) mass is 178 g/mol. The molecular weight excluding hydrogens is 172 g/mol. The zero-order valence-corrected chi connectivity index (χ0v) is 7.68. The molecule has 0 atom stereocenters. The van der Waals surface area contributed by atoms with Gasteiger partial charge in [-0.2, -0.15) is 0 Å². The van der Waals surface area contributed by atoms with Crippen molar-refractivity contribution in [3.05, 3.63) is 21.9 Å². The summed E-state index contributed by atoms with van der Waals surface area (Å²) in [6, 6.07) is 4.27. The Labute approximate surface area is 73.5 Å². The largest absolute Gasteiger partial charge is 0.140 e. The quantitative estimate of drug-likeness (QED) is 0.543. The van der Waals surface area contributed by atoms with E-state index in [1.807, 2.05) is 0 Å². The third kappa shape index (κ3) is 1.07. The van der Waals surface area contributed by atoms with Crippen LogP contribution in [0.25, 0.3) is 9.40 Å². The average molecular weight is 178 g/mol. The standard InChI is InChI=1S/C9H6S2/c1-3-7-5-9-8(11-7)4-6(2)10-9/h1,4-5H,2H3. The van der Waals surface area contributed by atoms with Crippen LogP contribution in [0.5, 0.6) is 0 Å². The van der Waals surface area contributed by atoms with Gasteiger partial charge in [0.1, 0.15) is 0 Å². The van der Waals surface area contributed by atoms with Crippen LogP contribution in [0, 0.1) is 19.3 Å². The van der Waals surface area contributed by atoms with Crippen LogP contribution in [0.4, 0.5) is 0 Å². The van der Waals surface area contributed by atoms with Crippen molar-refractivity contribution >= 4 is 32.1 Å². The summed E-state index contributed by atoms with van der Waals surface area (Å²) in [5.74, 6) is 2.65. The molecule has 2 heteroatoms. The molecule has 0 amide bonds. The third-order valence-electron chi connectivity index (χ3n) is 1.47. The van der Waals surface area contributed by atoms with Crippen molar-refractivity contribution in [1.82, 2.24) is 0 Å². The van der Waals surface area contributed by atoms with E-state index < -0.39 is 0 Å². The highest BCUT2D eigenvalue weighted by Gasteiger charge is 2.01. The first-order valence-electron chi connectivity index (χ1n) is 3.26. The van der Waals surface area contributed by atoms with Gasteiger partial charge in [-0.3, -0.25) is 0 Å². The number of hydrogen-bond donors (Lipinski definition) is 0. The van der Waals surface area contributed by atoms with Crippen LogP contribution in [0.1, 0.15) is 9.75 Å². The van der Waals surface area contributed by atoms with Gasteiger partial charge in [-0.15, -0.1) is 29.1 Å². The molecule has 0 bridgehead atoms. The summed E-state index contributed by atoms with van der Waals surface area (Å²) >= 11 is 3.50. The van der Waals surface area contributed by atoms with Crippen molar-refractivity contribution < 1.29 is 0 Å². The van der Waals surface area contributed by atoms with Crippen LogP contribution in [-0.2, 0) is 0 Å². The number of thiophene rings is 2. The average Bonchev–Trinajstić information content (AvgIpc) is 2.43. The second-order valence-electron chi connectivity index (χ2n) is 2.34. The fraction of sp³-hybridized carbons (Fsp3) is 0.111.